The molecule has 3 heteroatoms. The topological polar surface area (TPSA) is 21.1 Å². The Bertz CT molecular complexity index is 518. The van der Waals surface area contributed by atoms with Gasteiger partial charge in [0.15, 0.2) is 0 Å². The number of likely N-dealkylation sites (N-methyl/N-ethyl adjacent to an activating group) is 1. The summed E-state index contributed by atoms with van der Waals surface area (Å²) in [7, 11) is 2.23. The van der Waals surface area contributed by atoms with E-state index in [9.17, 15) is 0 Å². The lowest BCUT2D eigenvalue weighted by Gasteiger charge is -2.32. The minimum absolute atomic E-state index is 0.636. The molecule has 0 spiro atoms. The normalized spacial score (nSPS) is 20.6. The largest absolute Gasteiger partial charge is 0.302 e. The van der Waals surface area contributed by atoms with E-state index in [0.717, 1.165) is 12.2 Å². The van der Waals surface area contributed by atoms with E-state index in [-0.39, 0.29) is 0 Å². The molecule has 1 atom stereocenters. The fourth-order valence-electron chi connectivity index (χ4n) is 2.82. The Morgan fingerprint density at radius 1 is 1.16 bits per heavy atom. The molecule has 0 amide bonds. The molecule has 2 heterocycles. The second-order valence-corrected chi connectivity index (χ2v) is 5.42. The zero-order valence-corrected chi connectivity index (χ0v) is 11.5. The Morgan fingerprint density at radius 2 is 2.00 bits per heavy atom. The van der Waals surface area contributed by atoms with Crippen LogP contribution in [0.3, 0.4) is 0 Å². The number of hydrogen-bond donors (Lipinski definition) is 0. The third-order valence-corrected chi connectivity index (χ3v) is 4.03. The van der Waals surface area contributed by atoms with Crippen molar-refractivity contribution in [3.63, 3.8) is 0 Å². The SMILES string of the molecule is CN1CCCCC1Cn1ccc(-c2ccccc2)n1. The molecule has 0 saturated carbocycles. The van der Waals surface area contributed by atoms with Gasteiger partial charge < -0.3 is 4.90 Å². The molecule has 0 bridgehead atoms. The second-order valence-electron chi connectivity index (χ2n) is 5.42. The number of aromatic nitrogens is 2. The number of rotatable bonds is 3. The van der Waals surface area contributed by atoms with Crippen LogP contribution < -0.4 is 0 Å². The molecular weight excluding hydrogens is 234 g/mol. The number of hydrogen-bond acceptors (Lipinski definition) is 2. The summed E-state index contributed by atoms with van der Waals surface area (Å²) in [4.78, 5) is 2.47. The summed E-state index contributed by atoms with van der Waals surface area (Å²) >= 11 is 0. The highest BCUT2D eigenvalue weighted by molar-refractivity contribution is 5.57. The minimum Gasteiger partial charge on any atom is -0.302 e. The van der Waals surface area contributed by atoms with Crippen molar-refractivity contribution in [2.45, 2.75) is 31.8 Å². The molecular formula is C16H21N3. The monoisotopic (exact) mass is 255 g/mol. The van der Waals surface area contributed by atoms with Crippen LogP contribution in [-0.2, 0) is 6.54 Å². The Labute approximate surface area is 114 Å². The van der Waals surface area contributed by atoms with Crippen LogP contribution in [0.15, 0.2) is 42.6 Å². The summed E-state index contributed by atoms with van der Waals surface area (Å²) in [6, 6.07) is 13.1. The molecule has 1 aliphatic rings. The third-order valence-electron chi connectivity index (χ3n) is 4.03. The maximum atomic E-state index is 4.70. The van der Waals surface area contributed by atoms with E-state index >= 15 is 0 Å². The third kappa shape index (κ3) is 2.87. The summed E-state index contributed by atoms with van der Waals surface area (Å²) in [6.07, 6.45) is 6.07. The zero-order chi connectivity index (χ0) is 13.1. The second kappa shape index (κ2) is 5.57. The van der Waals surface area contributed by atoms with Gasteiger partial charge >= 0.3 is 0 Å². The molecule has 1 unspecified atom stereocenters. The van der Waals surface area contributed by atoms with E-state index in [1.54, 1.807) is 0 Å². The van der Waals surface area contributed by atoms with Gasteiger partial charge in [-0.3, -0.25) is 4.68 Å². The van der Waals surface area contributed by atoms with Crippen molar-refractivity contribution in [2.75, 3.05) is 13.6 Å². The van der Waals surface area contributed by atoms with Crippen LogP contribution in [0.25, 0.3) is 11.3 Å². The van der Waals surface area contributed by atoms with Crippen molar-refractivity contribution >= 4 is 0 Å². The Balaban J connectivity index is 1.71. The van der Waals surface area contributed by atoms with Gasteiger partial charge in [-0.2, -0.15) is 5.10 Å². The van der Waals surface area contributed by atoms with E-state index in [1.807, 2.05) is 6.07 Å². The fourth-order valence-corrected chi connectivity index (χ4v) is 2.82. The lowest BCUT2D eigenvalue weighted by Crippen LogP contribution is -2.39. The van der Waals surface area contributed by atoms with Crippen LogP contribution in [0.1, 0.15) is 19.3 Å². The fraction of sp³-hybridized carbons (Fsp3) is 0.438. The molecule has 1 aromatic heterocycles. The summed E-state index contributed by atoms with van der Waals surface area (Å²) < 4.78 is 2.09. The van der Waals surface area contributed by atoms with Crippen molar-refractivity contribution in [1.29, 1.82) is 0 Å². The first kappa shape index (κ1) is 12.4. The molecule has 0 N–H and O–H groups in total. The first-order chi connectivity index (χ1) is 9.33. The van der Waals surface area contributed by atoms with E-state index in [2.05, 4.69) is 53.2 Å². The van der Waals surface area contributed by atoms with Crippen LogP contribution in [0.4, 0.5) is 0 Å². The van der Waals surface area contributed by atoms with Gasteiger partial charge in [0, 0.05) is 17.8 Å². The zero-order valence-electron chi connectivity index (χ0n) is 11.5. The molecule has 1 aromatic carbocycles. The standard InChI is InChI=1S/C16H21N3/c1-18-11-6-5-9-15(18)13-19-12-10-16(17-19)14-7-3-2-4-8-14/h2-4,7-8,10,12,15H,5-6,9,11,13H2,1H3. The van der Waals surface area contributed by atoms with Crippen LogP contribution in [0, 0.1) is 0 Å². The van der Waals surface area contributed by atoms with Crippen molar-refractivity contribution in [3.8, 4) is 11.3 Å². The summed E-state index contributed by atoms with van der Waals surface area (Å²) in [6.45, 7) is 2.22. The van der Waals surface area contributed by atoms with Crippen molar-refractivity contribution in [2.24, 2.45) is 0 Å². The molecule has 100 valence electrons. The van der Waals surface area contributed by atoms with Gasteiger partial charge in [0.1, 0.15) is 0 Å². The van der Waals surface area contributed by atoms with Crippen LogP contribution >= 0.6 is 0 Å². The minimum atomic E-state index is 0.636. The van der Waals surface area contributed by atoms with E-state index in [0.29, 0.717) is 6.04 Å². The Morgan fingerprint density at radius 3 is 2.79 bits per heavy atom. The molecule has 2 aromatic rings. The highest BCUT2D eigenvalue weighted by atomic mass is 15.3. The van der Waals surface area contributed by atoms with Gasteiger partial charge in [-0.15, -0.1) is 0 Å². The average molecular weight is 255 g/mol. The number of likely N-dealkylation sites (tertiary alicyclic amines) is 1. The molecule has 1 fully saturated rings. The molecule has 19 heavy (non-hydrogen) atoms. The van der Waals surface area contributed by atoms with Gasteiger partial charge in [0.05, 0.1) is 12.2 Å². The Hall–Kier alpha value is -1.61. The molecule has 1 aliphatic heterocycles. The highest BCUT2D eigenvalue weighted by Crippen LogP contribution is 2.19. The maximum Gasteiger partial charge on any atom is 0.0923 e. The van der Waals surface area contributed by atoms with Gasteiger partial charge in [-0.05, 0) is 32.5 Å². The van der Waals surface area contributed by atoms with E-state index < -0.39 is 0 Å². The number of nitrogens with zero attached hydrogens (tertiary/aromatic N) is 3. The molecule has 3 nitrogen and oxygen atoms in total. The molecule has 1 saturated heterocycles. The van der Waals surface area contributed by atoms with Crippen molar-refractivity contribution < 1.29 is 0 Å². The lowest BCUT2D eigenvalue weighted by molar-refractivity contribution is 0.163. The van der Waals surface area contributed by atoms with Crippen molar-refractivity contribution in [1.82, 2.24) is 14.7 Å². The van der Waals surface area contributed by atoms with Crippen LogP contribution in [0.2, 0.25) is 0 Å². The van der Waals surface area contributed by atoms with Gasteiger partial charge in [-0.1, -0.05) is 36.8 Å². The highest BCUT2D eigenvalue weighted by Gasteiger charge is 2.19. The molecule has 0 aliphatic carbocycles. The van der Waals surface area contributed by atoms with Crippen LogP contribution in [0.5, 0.6) is 0 Å². The molecule has 0 radical (unpaired) electrons. The number of benzene rings is 1. The van der Waals surface area contributed by atoms with Gasteiger partial charge in [0.25, 0.3) is 0 Å². The quantitative estimate of drug-likeness (QED) is 0.840. The first-order valence-corrected chi connectivity index (χ1v) is 7.12. The van der Waals surface area contributed by atoms with Gasteiger partial charge in [-0.25, -0.2) is 0 Å². The van der Waals surface area contributed by atoms with Crippen LogP contribution in [-0.4, -0.2) is 34.3 Å². The lowest BCUT2D eigenvalue weighted by atomic mass is 10.0. The summed E-state index contributed by atoms with van der Waals surface area (Å²) in [5.41, 5.74) is 2.26. The average Bonchev–Trinajstić information content (AvgIpc) is 2.91. The van der Waals surface area contributed by atoms with Gasteiger partial charge in [0.2, 0.25) is 0 Å². The Kier molecular flexibility index (Phi) is 3.65. The maximum absolute atomic E-state index is 4.70. The predicted molar refractivity (Wildman–Crippen MR) is 77.9 cm³/mol. The number of piperidine rings is 1. The van der Waals surface area contributed by atoms with E-state index in [1.165, 1.54) is 31.4 Å². The summed E-state index contributed by atoms with van der Waals surface area (Å²) in [5, 5.41) is 4.70. The predicted octanol–water partition coefficient (Wildman–Crippen LogP) is 3.03. The van der Waals surface area contributed by atoms with Crippen molar-refractivity contribution in [3.05, 3.63) is 42.6 Å². The molecule has 3 rings (SSSR count). The smallest absolute Gasteiger partial charge is 0.0923 e. The first-order valence-electron chi connectivity index (χ1n) is 7.12. The van der Waals surface area contributed by atoms with E-state index in [4.69, 9.17) is 5.10 Å². The summed E-state index contributed by atoms with van der Waals surface area (Å²) in [5.74, 6) is 0.